The maximum Gasteiger partial charge on any atom is 0.327 e. The fraction of sp³-hybridized carbons (Fsp3) is 0.348. The lowest BCUT2D eigenvalue weighted by molar-refractivity contribution is -0.135. The zero-order valence-electron chi connectivity index (χ0n) is 17.0. The maximum atomic E-state index is 13.3. The fourth-order valence-corrected chi connectivity index (χ4v) is 4.57. The Hall–Kier alpha value is -2.70. The van der Waals surface area contributed by atoms with E-state index in [1.807, 2.05) is 48.5 Å². The van der Waals surface area contributed by atoms with Gasteiger partial charge in [0.1, 0.15) is 5.54 Å². The summed E-state index contributed by atoms with van der Waals surface area (Å²) in [5, 5.41) is 0.762. The van der Waals surface area contributed by atoms with Crippen molar-refractivity contribution in [1.29, 1.82) is 0 Å². The molecule has 1 aromatic carbocycles. The summed E-state index contributed by atoms with van der Waals surface area (Å²) in [4.78, 5) is 35.4. The molecule has 156 valence electrons. The van der Waals surface area contributed by atoms with Gasteiger partial charge in [0.2, 0.25) is 0 Å². The minimum Gasteiger partial charge on any atom is -0.312 e. The van der Waals surface area contributed by atoms with Crippen LogP contribution in [-0.2, 0) is 11.3 Å². The first-order valence-corrected chi connectivity index (χ1v) is 10.5. The Labute approximate surface area is 181 Å². The van der Waals surface area contributed by atoms with E-state index in [-0.39, 0.29) is 18.5 Å². The Morgan fingerprint density at radius 1 is 1.13 bits per heavy atom. The second kappa shape index (κ2) is 8.58. The van der Waals surface area contributed by atoms with Gasteiger partial charge in [-0.3, -0.25) is 19.6 Å². The van der Waals surface area contributed by atoms with Gasteiger partial charge in [0, 0.05) is 44.1 Å². The quantitative estimate of drug-likeness (QED) is 0.688. The van der Waals surface area contributed by atoms with Gasteiger partial charge >= 0.3 is 6.03 Å². The molecule has 2 aromatic rings. The summed E-state index contributed by atoms with van der Waals surface area (Å²) in [6.07, 6.45) is 6.55. The van der Waals surface area contributed by atoms with Crippen LogP contribution in [0.3, 0.4) is 0 Å². The van der Waals surface area contributed by atoms with Gasteiger partial charge in [0.15, 0.2) is 0 Å². The number of aromatic nitrogens is 1. The van der Waals surface area contributed by atoms with E-state index in [2.05, 4.69) is 9.88 Å². The number of carbonyl (C=O) groups is 2. The van der Waals surface area contributed by atoms with Crippen LogP contribution < -0.4 is 0 Å². The first-order valence-electron chi connectivity index (χ1n) is 10.1. The fourth-order valence-electron chi connectivity index (χ4n) is 4.28. The van der Waals surface area contributed by atoms with Crippen LogP contribution in [0, 0.1) is 0 Å². The predicted octanol–water partition coefficient (Wildman–Crippen LogP) is 3.59. The number of rotatable bonds is 5. The van der Waals surface area contributed by atoms with Gasteiger partial charge in [0.25, 0.3) is 5.91 Å². The molecule has 0 aliphatic carbocycles. The van der Waals surface area contributed by atoms with E-state index in [4.69, 9.17) is 11.6 Å². The number of likely N-dealkylation sites (N-methyl/N-ethyl adjacent to an activating group) is 1. The van der Waals surface area contributed by atoms with Crippen LogP contribution >= 0.6 is 11.6 Å². The largest absolute Gasteiger partial charge is 0.327 e. The van der Waals surface area contributed by atoms with Crippen molar-refractivity contribution < 1.29 is 9.59 Å². The molecule has 2 aliphatic rings. The highest BCUT2D eigenvalue weighted by molar-refractivity contribution is 6.31. The summed E-state index contributed by atoms with van der Waals surface area (Å²) < 4.78 is 0. The highest BCUT2D eigenvalue weighted by Gasteiger charge is 2.56. The number of amides is 3. The van der Waals surface area contributed by atoms with Crippen LogP contribution in [0.25, 0.3) is 6.08 Å². The first kappa shape index (κ1) is 20.6. The number of likely N-dealkylation sites (tertiary alicyclic amines) is 1. The topological polar surface area (TPSA) is 56.8 Å². The van der Waals surface area contributed by atoms with Crippen LogP contribution in [0.2, 0.25) is 0 Å². The third-order valence-corrected chi connectivity index (χ3v) is 6.28. The summed E-state index contributed by atoms with van der Waals surface area (Å²) in [6.45, 7) is 2.32. The highest BCUT2D eigenvalue weighted by Crippen LogP contribution is 2.37. The molecule has 0 bridgehead atoms. The molecule has 0 unspecified atom stereocenters. The molecule has 6 nitrogen and oxygen atoms in total. The van der Waals surface area contributed by atoms with Crippen LogP contribution in [0.15, 0.2) is 59.9 Å². The monoisotopic (exact) mass is 424 g/mol. The van der Waals surface area contributed by atoms with E-state index in [0.29, 0.717) is 32.5 Å². The molecule has 2 aliphatic heterocycles. The second-order valence-electron chi connectivity index (χ2n) is 7.90. The number of imide groups is 1. The molecule has 1 aromatic heterocycles. The molecule has 2 fully saturated rings. The Morgan fingerprint density at radius 3 is 2.53 bits per heavy atom. The van der Waals surface area contributed by atoms with Gasteiger partial charge in [-0.2, -0.15) is 0 Å². The van der Waals surface area contributed by atoms with E-state index in [9.17, 15) is 9.59 Å². The number of pyridine rings is 1. The molecular formula is C23H25ClN4O2. The molecule has 0 radical (unpaired) electrons. The zero-order valence-corrected chi connectivity index (χ0v) is 17.8. The zero-order chi connectivity index (χ0) is 21.1. The van der Waals surface area contributed by atoms with Crippen molar-refractivity contribution >= 4 is 29.6 Å². The summed E-state index contributed by atoms with van der Waals surface area (Å²) in [6, 6.07) is 13.4. The third kappa shape index (κ3) is 3.98. The van der Waals surface area contributed by atoms with Crippen molar-refractivity contribution in [3.8, 4) is 0 Å². The molecule has 30 heavy (non-hydrogen) atoms. The van der Waals surface area contributed by atoms with Gasteiger partial charge in [-0.1, -0.05) is 48.0 Å². The Bertz CT molecular complexity index is 940. The van der Waals surface area contributed by atoms with E-state index >= 15 is 0 Å². The van der Waals surface area contributed by atoms with E-state index < -0.39 is 5.54 Å². The number of carbonyl (C=O) groups excluding carboxylic acids is 2. The standard InChI is InChI=1S/C23H25ClN4O2/c1-26-22(30)28(16-19-8-5-11-25-15-19)21(29)23(26)9-12-27(13-10-23)17-20(24)14-18-6-3-2-4-7-18/h2-8,11,14-15H,9-10,12-13,16-17H2,1H3/b20-14-. The first-order chi connectivity index (χ1) is 14.5. The summed E-state index contributed by atoms with van der Waals surface area (Å²) in [7, 11) is 1.74. The minimum absolute atomic E-state index is 0.107. The molecule has 3 heterocycles. The van der Waals surface area contributed by atoms with Gasteiger partial charge in [-0.25, -0.2) is 4.79 Å². The summed E-state index contributed by atoms with van der Waals surface area (Å²) in [5.74, 6) is -0.107. The normalized spacial score (nSPS) is 19.7. The lowest BCUT2D eigenvalue weighted by Gasteiger charge is -2.40. The van der Waals surface area contributed by atoms with Crippen LogP contribution in [0.4, 0.5) is 4.79 Å². The lowest BCUT2D eigenvalue weighted by Crippen LogP contribution is -2.55. The van der Waals surface area contributed by atoms with Crippen molar-refractivity contribution in [2.75, 3.05) is 26.7 Å². The molecular weight excluding hydrogens is 400 g/mol. The summed E-state index contributed by atoms with van der Waals surface area (Å²) in [5.41, 5.74) is 1.16. The number of benzene rings is 1. The van der Waals surface area contributed by atoms with Crippen LogP contribution in [0.5, 0.6) is 0 Å². The lowest BCUT2D eigenvalue weighted by atomic mass is 9.86. The van der Waals surface area contributed by atoms with Crippen molar-refractivity contribution in [2.24, 2.45) is 0 Å². The molecule has 3 amide bonds. The number of halogens is 1. The number of hydrogen-bond acceptors (Lipinski definition) is 4. The molecule has 0 N–H and O–H groups in total. The number of piperidine rings is 1. The number of hydrogen-bond donors (Lipinski definition) is 0. The van der Waals surface area contributed by atoms with Crippen molar-refractivity contribution in [3.05, 3.63) is 71.0 Å². The third-order valence-electron chi connectivity index (χ3n) is 6.05. The van der Waals surface area contributed by atoms with E-state index in [1.165, 1.54) is 4.90 Å². The Kier molecular flexibility index (Phi) is 5.88. The predicted molar refractivity (Wildman–Crippen MR) is 117 cm³/mol. The smallest absolute Gasteiger partial charge is 0.312 e. The van der Waals surface area contributed by atoms with E-state index in [0.717, 1.165) is 16.2 Å². The SMILES string of the molecule is CN1C(=O)N(Cc2cccnc2)C(=O)C12CCN(C/C(Cl)=C/c1ccccc1)CC2. The molecule has 1 spiro atoms. The van der Waals surface area contributed by atoms with E-state index in [1.54, 1.807) is 24.3 Å². The van der Waals surface area contributed by atoms with Crippen molar-refractivity contribution in [2.45, 2.75) is 24.9 Å². The van der Waals surface area contributed by atoms with Gasteiger partial charge in [-0.05, 0) is 36.1 Å². The molecule has 2 saturated heterocycles. The Balaban J connectivity index is 1.41. The highest BCUT2D eigenvalue weighted by atomic mass is 35.5. The van der Waals surface area contributed by atoms with Crippen molar-refractivity contribution in [3.63, 3.8) is 0 Å². The number of urea groups is 1. The van der Waals surface area contributed by atoms with Crippen molar-refractivity contribution in [1.82, 2.24) is 19.7 Å². The van der Waals surface area contributed by atoms with Gasteiger partial charge in [0.05, 0.1) is 6.54 Å². The van der Waals surface area contributed by atoms with Crippen LogP contribution in [-0.4, -0.2) is 63.8 Å². The van der Waals surface area contributed by atoms with Gasteiger partial charge in [-0.15, -0.1) is 0 Å². The second-order valence-corrected chi connectivity index (χ2v) is 8.39. The molecule has 0 saturated carbocycles. The summed E-state index contributed by atoms with van der Waals surface area (Å²) >= 11 is 6.47. The van der Waals surface area contributed by atoms with Gasteiger partial charge < -0.3 is 4.90 Å². The molecule has 4 rings (SSSR count). The number of nitrogens with zero attached hydrogens (tertiary/aromatic N) is 4. The molecule has 0 atom stereocenters. The Morgan fingerprint density at radius 2 is 1.87 bits per heavy atom. The van der Waals surface area contributed by atoms with Crippen LogP contribution in [0.1, 0.15) is 24.0 Å². The average Bonchev–Trinajstić information content (AvgIpc) is 2.93. The minimum atomic E-state index is -0.759. The maximum absolute atomic E-state index is 13.3. The average molecular weight is 425 g/mol. The molecule has 7 heteroatoms.